The first-order chi connectivity index (χ1) is 13.9. The molecule has 0 aromatic heterocycles. The molecule has 0 saturated carbocycles. The normalized spacial score (nSPS) is 20.7. The van der Waals surface area contributed by atoms with Crippen LogP contribution in [0.15, 0.2) is 58.1 Å². The Labute approximate surface area is 180 Å². The summed E-state index contributed by atoms with van der Waals surface area (Å²) in [6.07, 6.45) is 0. The van der Waals surface area contributed by atoms with Crippen LogP contribution in [-0.2, 0) is 19.1 Å². The fourth-order valence-corrected chi connectivity index (χ4v) is 3.83. The summed E-state index contributed by atoms with van der Waals surface area (Å²) in [4.78, 5) is 40.0. The van der Waals surface area contributed by atoms with Gasteiger partial charge in [-0.2, -0.15) is 5.10 Å². The Morgan fingerprint density at radius 2 is 1.69 bits per heavy atom. The van der Waals surface area contributed by atoms with Gasteiger partial charge in [0.2, 0.25) is 5.91 Å². The van der Waals surface area contributed by atoms with Gasteiger partial charge in [-0.05, 0) is 55.5 Å². The fraction of sp³-hybridized carbons (Fsp3) is 0.200. The highest BCUT2D eigenvalue weighted by Crippen LogP contribution is 2.38. The van der Waals surface area contributed by atoms with Crippen molar-refractivity contribution in [2.45, 2.75) is 13.0 Å². The second-order valence-electron chi connectivity index (χ2n) is 6.44. The van der Waals surface area contributed by atoms with Crippen LogP contribution in [0.2, 0.25) is 5.02 Å². The van der Waals surface area contributed by atoms with Gasteiger partial charge in [0.1, 0.15) is 12.0 Å². The van der Waals surface area contributed by atoms with E-state index in [1.54, 1.807) is 55.5 Å². The number of rotatable bonds is 4. The first kappa shape index (κ1) is 19.6. The third-order valence-corrected chi connectivity index (χ3v) is 5.49. The van der Waals surface area contributed by atoms with Crippen molar-refractivity contribution >= 4 is 62.4 Å². The SMILES string of the molecule is CCOC(=O)C1=NN(c2ccc(Cl)cc2)[C@@H]2C(=O)N(c3ccc(Br)cc3)C(=O)[C@@H]12. The van der Waals surface area contributed by atoms with Crippen molar-refractivity contribution in [1.29, 1.82) is 0 Å². The third-order valence-electron chi connectivity index (χ3n) is 4.71. The number of amides is 2. The molecule has 0 radical (unpaired) electrons. The lowest BCUT2D eigenvalue weighted by Crippen LogP contribution is -2.39. The van der Waals surface area contributed by atoms with Gasteiger partial charge in [0.15, 0.2) is 5.71 Å². The molecule has 0 N–H and O–H groups in total. The van der Waals surface area contributed by atoms with Gasteiger partial charge in [-0.3, -0.25) is 14.6 Å². The molecular formula is C20H15BrClN3O4. The number of ether oxygens (including phenoxy) is 1. The molecule has 2 aromatic rings. The number of halogens is 2. The van der Waals surface area contributed by atoms with Gasteiger partial charge in [0.05, 0.1) is 18.0 Å². The van der Waals surface area contributed by atoms with E-state index in [0.29, 0.717) is 16.4 Å². The van der Waals surface area contributed by atoms with Gasteiger partial charge >= 0.3 is 5.97 Å². The number of benzene rings is 2. The molecule has 4 rings (SSSR count). The number of nitrogens with zero attached hydrogens (tertiary/aromatic N) is 3. The Hall–Kier alpha value is -2.71. The van der Waals surface area contributed by atoms with E-state index in [1.165, 1.54) is 5.01 Å². The molecule has 2 aliphatic rings. The number of carbonyl (C=O) groups is 3. The van der Waals surface area contributed by atoms with Crippen molar-refractivity contribution in [3.05, 3.63) is 58.0 Å². The van der Waals surface area contributed by atoms with E-state index >= 15 is 0 Å². The Kier molecular flexibility index (Phi) is 5.14. The van der Waals surface area contributed by atoms with Crippen LogP contribution in [0, 0.1) is 5.92 Å². The highest BCUT2D eigenvalue weighted by Gasteiger charge is 2.59. The van der Waals surface area contributed by atoms with Crippen LogP contribution < -0.4 is 9.91 Å². The van der Waals surface area contributed by atoms with E-state index in [1.807, 2.05) is 0 Å². The molecular weight excluding hydrogens is 462 g/mol. The lowest BCUT2D eigenvalue weighted by atomic mass is 9.98. The molecule has 0 unspecified atom stereocenters. The zero-order valence-corrected chi connectivity index (χ0v) is 17.6. The molecule has 0 bridgehead atoms. The Morgan fingerprint density at radius 3 is 2.31 bits per heavy atom. The molecule has 0 aliphatic carbocycles. The second kappa shape index (κ2) is 7.61. The van der Waals surface area contributed by atoms with E-state index in [0.717, 1.165) is 9.37 Å². The van der Waals surface area contributed by atoms with Crippen molar-refractivity contribution < 1.29 is 19.1 Å². The topological polar surface area (TPSA) is 79.3 Å². The molecule has 2 atom stereocenters. The number of esters is 1. The average Bonchev–Trinajstić information content (AvgIpc) is 3.21. The molecule has 2 aliphatic heterocycles. The van der Waals surface area contributed by atoms with Gasteiger partial charge in [-0.15, -0.1) is 0 Å². The summed E-state index contributed by atoms with van der Waals surface area (Å²) >= 11 is 9.29. The molecule has 1 saturated heterocycles. The first-order valence-electron chi connectivity index (χ1n) is 8.86. The summed E-state index contributed by atoms with van der Waals surface area (Å²) in [5.41, 5.74) is 0.893. The Balaban J connectivity index is 1.78. The number of hydrazone groups is 1. The maximum absolute atomic E-state index is 13.3. The van der Waals surface area contributed by atoms with Crippen LogP contribution in [-0.4, -0.2) is 36.1 Å². The summed E-state index contributed by atoms with van der Waals surface area (Å²) in [7, 11) is 0. The van der Waals surface area contributed by atoms with Crippen molar-refractivity contribution in [2.75, 3.05) is 16.5 Å². The smallest absolute Gasteiger partial charge is 0.355 e. The molecule has 2 aromatic carbocycles. The minimum absolute atomic E-state index is 0.0789. The average molecular weight is 477 g/mol. The lowest BCUT2D eigenvalue weighted by molar-refractivity contribution is -0.136. The molecule has 148 valence electrons. The largest absolute Gasteiger partial charge is 0.461 e. The quantitative estimate of drug-likeness (QED) is 0.499. The number of fused-ring (bicyclic) bond motifs is 1. The number of anilines is 2. The molecule has 1 fully saturated rings. The van der Waals surface area contributed by atoms with Crippen molar-refractivity contribution in [2.24, 2.45) is 11.0 Å². The standard InChI is InChI=1S/C20H15BrClN3O4/c1-2-29-20(28)16-15-17(25(23-16)14-9-5-12(22)6-10-14)19(27)24(18(15)26)13-7-3-11(21)4-8-13/h3-10,15,17H,2H2,1H3/t15-,17-/m0/s1. The molecule has 2 heterocycles. The Bertz CT molecular complexity index is 1020. The maximum atomic E-state index is 13.3. The maximum Gasteiger partial charge on any atom is 0.355 e. The van der Waals surface area contributed by atoms with Crippen LogP contribution in [0.3, 0.4) is 0 Å². The van der Waals surface area contributed by atoms with Gasteiger partial charge in [0, 0.05) is 9.50 Å². The summed E-state index contributed by atoms with van der Waals surface area (Å²) in [6.45, 7) is 1.80. The van der Waals surface area contributed by atoms with Crippen LogP contribution in [0.4, 0.5) is 11.4 Å². The summed E-state index contributed by atoms with van der Waals surface area (Å²) < 4.78 is 5.89. The van der Waals surface area contributed by atoms with Gasteiger partial charge < -0.3 is 4.74 Å². The summed E-state index contributed by atoms with van der Waals surface area (Å²) in [6, 6.07) is 12.5. The van der Waals surface area contributed by atoms with Crippen molar-refractivity contribution in [3.8, 4) is 0 Å². The summed E-state index contributed by atoms with van der Waals surface area (Å²) in [5, 5.41) is 6.20. The third kappa shape index (κ3) is 3.32. The lowest BCUT2D eigenvalue weighted by Gasteiger charge is -2.22. The van der Waals surface area contributed by atoms with E-state index in [9.17, 15) is 14.4 Å². The predicted molar refractivity (Wildman–Crippen MR) is 112 cm³/mol. The van der Waals surface area contributed by atoms with Crippen LogP contribution in [0.25, 0.3) is 0 Å². The molecule has 29 heavy (non-hydrogen) atoms. The minimum Gasteiger partial charge on any atom is -0.461 e. The first-order valence-corrected chi connectivity index (χ1v) is 10.0. The van der Waals surface area contributed by atoms with Gasteiger partial charge in [0.25, 0.3) is 5.91 Å². The molecule has 9 heteroatoms. The Morgan fingerprint density at radius 1 is 1.07 bits per heavy atom. The predicted octanol–water partition coefficient (Wildman–Crippen LogP) is 3.40. The van der Waals surface area contributed by atoms with E-state index in [-0.39, 0.29) is 12.3 Å². The number of hydrogen-bond donors (Lipinski definition) is 0. The van der Waals surface area contributed by atoms with E-state index < -0.39 is 29.7 Å². The number of hydrogen-bond acceptors (Lipinski definition) is 6. The van der Waals surface area contributed by atoms with Crippen molar-refractivity contribution in [3.63, 3.8) is 0 Å². The highest BCUT2D eigenvalue weighted by atomic mass is 79.9. The minimum atomic E-state index is -1.04. The fourth-order valence-electron chi connectivity index (χ4n) is 3.44. The monoisotopic (exact) mass is 475 g/mol. The zero-order chi connectivity index (χ0) is 20.7. The molecule has 7 nitrogen and oxygen atoms in total. The second-order valence-corrected chi connectivity index (χ2v) is 7.79. The number of imide groups is 1. The van der Waals surface area contributed by atoms with Crippen molar-refractivity contribution in [1.82, 2.24) is 0 Å². The van der Waals surface area contributed by atoms with Crippen LogP contribution >= 0.6 is 27.5 Å². The molecule has 0 spiro atoms. The van der Waals surface area contributed by atoms with E-state index in [4.69, 9.17) is 16.3 Å². The highest BCUT2D eigenvalue weighted by molar-refractivity contribution is 9.10. The van der Waals surface area contributed by atoms with Gasteiger partial charge in [-0.1, -0.05) is 27.5 Å². The zero-order valence-electron chi connectivity index (χ0n) is 15.2. The van der Waals surface area contributed by atoms with Gasteiger partial charge in [-0.25, -0.2) is 9.69 Å². The van der Waals surface area contributed by atoms with E-state index in [2.05, 4.69) is 21.0 Å². The van der Waals surface area contributed by atoms with Crippen LogP contribution in [0.1, 0.15) is 6.92 Å². The summed E-state index contributed by atoms with van der Waals surface area (Å²) in [5.74, 6) is -2.72. The number of carbonyl (C=O) groups excluding carboxylic acids is 3. The van der Waals surface area contributed by atoms with Crippen LogP contribution in [0.5, 0.6) is 0 Å². The molecule has 2 amide bonds.